The number of carbonyl (C=O) groups is 2. The average molecular weight is 377 g/mol. The van der Waals surface area contributed by atoms with Crippen molar-refractivity contribution in [2.75, 3.05) is 13.1 Å². The molecule has 3 aliphatic rings. The lowest BCUT2D eigenvalue weighted by atomic mass is 9.59. The van der Waals surface area contributed by atoms with Gasteiger partial charge in [0.25, 0.3) is 0 Å². The van der Waals surface area contributed by atoms with Crippen LogP contribution in [0.25, 0.3) is 0 Å². The predicted octanol–water partition coefficient (Wildman–Crippen LogP) is 3.24. The Hall–Kier alpha value is -2.82. The van der Waals surface area contributed by atoms with E-state index in [-0.39, 0.29) is 5.91 Å². The number of nitrogens with two attached hydrogens (primary N) is 1. The summed E-state index contributed by atoms with van der Waals surface area (Å²) in [4.78, 5) is 22.9. The number of nitrogens with one attached hydrogen (secondary N) is 2. The second kappa shape index (κ2) is 8.05. The van der Waals surface area contributed by atoms with E-state index in [4.69, 9.17) is 5.73 Å². The molecule has 5 rings (SSSR count). The monoisotopic (exact) mass is 377 g/mol. The molecule has 28 heavy (non-hydrogen) atoms. The topological polar surface area (TPSA) is 84.2 Å². The Bertz CT molecular complexity index is 832. The van der Waals surface area contributed by atoms with Gasteiger partial charge in [-0.2, -0.15) is 0 Å². The molecule has 3 amide bonds. The van der Waals surface area contributed by atoms with Crippen LogP contribution in [-0.2, 0) is 4.79 Å². The van der Waals surface area contributed by atoms with Crippen LogP contribution in [0.15, 0.2) is 48.5 Å². The zero-order valence-electron chi connectivity index (χ0n) is 16.0. The first kappa shape index (κ1) is 18.5. The minimum Gasteiger partial charge on any atom is -0.356 e. The molecule has 0 heterocycles. The molecule has 2 aromatic carbocycles. The van der Waals surface area contributed by atoms with Crippen molar-refractivity contribution in [2.24, 2.45) is 11.7 Å². The maximum Gasteiger partial charge on any atom is 0.312 e. The van der Waals surface area contributed by atoms with Gasteiger partial charge in [-0.25, -0.2) is 4.79 Å². The lowest BCUT2D eigenvalue weighted by molar-refractivity contribution is -0.121. The van der Waals surface area contributed by atoms with Crippen LogP contribution in [0.4, 0.5) is 4.79 Å². The molecule has 4 N–H and O–H groups in total. The Morgan fingerprint density at radius 2 is 1.50 bits per heavy atom. The van der Waals surface area contributed by atoms with E-state index in [0.29, 0.717) is 37.3 Å². The fraction of sp³-hybridized carbons (Fsp3) is 0.391. The third kappa shape index (κ3) is 3.61. The van der Waals surface area contributed by atoms with E-state index in [1.165, 1.54) is 22.3 Å². The third-order valence-electron chi connectivity index (χ3n) is 6.11. The number of fused-ring (bicyclic) bond motifs is 1. The number of unbranched alkanes of at least 4 members (excludes halogenated alkanes) is 1. The van der Waals surface area contributed by atoms with Crippen molar-refractivity contribution < 1.29 is 9.59 Å². The van der Waals surface area contributed by atoms with Crippen LogP contribution in [0.5, 0.6) is 0 Å². The Balaban J connectivity index is 1.38. The fourth-order valence-electron chi connectivity index (χ4n) is 4.92. The molecule has 0 spiro atoms. The fourth-order valence-corrected chi connectivity index (χ4v) is 4.92. The molecule has 0 fully saturated rings. The van der Waals surface area contributed by atoms with Crippen molar-refractivity contribution in [1.82, 2.24) is 10.6 Å². The molecule has 2 aromatic rings. The van der Waals surface area contributed by atoms with Crippen LogP contribution >= 0.6 is 0 Å². The van der Waals surface area contributed by atoms with Crippen molar-refractivity contribution in [3.63, 3.8) is 0 Å². The highest BCUT2D eigenvalue weighted by Gasteiger charge is 2.42. The second-order valence-corrected chi connectivity index (χ2v) is 7.84. The Labute approximate surface area is 165 Å². The van der Waals surface area contributed by atoms with E-state index in [2.05, 4.69) is 59.2 Å². The summed E-state index contributed by atoms with van der Waals surface area (Å²) in [6.45, 7) is 1.23. The molecule has 5 heteroatoms. The lowest BCUT2D eigenvalue weighted by Gasteiger charge is -2.45. The van der Waals surface area contributed by atoms with Gasteiger partial charge >= 0.3 is 6.03 Å². The summed E-state index contributed by atoms with van der Waals surface area (Å²) in [6.07, 6.45) is 3.07. The maximum absolute atomic E-state index is 12.3. The first-order valence-corrected chi connectivity index (χ1v) is 10.1. The van der Waals surface area contributed by atoms with Crippen molar-refractivity contribution in [2.45, 2.75) is 37.5 Å². The highest BCUT2D eigenvalue weighted by atomic mass is 16.2. The number of carbonyl (C=O) groups excluding carboxylic acids is 2. The molecule has 0 saturated heterocycles. The summed E-state index contributed by atoms with van der Waals surface area (Å²) < 4.78 is 0. The van der Waals surface area contributed by atoms with Crippen LogP contribution in [0.2, 0.25) is 0 Å². The number of urea groups is 1. The van der Waals surface area contributed by atoms with E-state index in [0.717, 1.165) is 19.3 Å². The van der Waals surface area contributed by atoms with Gasteiger partial charge in [-0.3, -0.25) is 4.79 Å². The van der Waals surface area contributed by atoms with Gasteiger partial charge in [-0.1, -0.05) is 48.5 Å². The van der Waals surface area contributed by atoms with Gasteiger partial charge in [0.2, 0.25) is 5.91 Å². The summed E-state index contributed by atoms with van der Waals surface area (Å²) in [5, 5.41) is 5.69. The molecule has 0 aliphatic heterocycles. The molecule has 2 bridgehead atoms. The number of rotatable bonds is 7. The minimum atomic E-state index is -0.516. The first-order chi connectivity index (χ1) is 13.6. The van der Waals surface area contributed by atoms with E-state index in [9.17, 15) is 9.59 Å². The number of primary amides is 1. The summed E-state index contributed by atoms with van der Waals surface area (Å²) in [6, 6.07) is 17.0. The summed E-state index contributed by atoms with van der Waals surface area (Å²) in [5.74, 6) is 1.30. The zero-order chi connectivity index (χ0) is 19.5. The quantitative estimate of drug-likeness (QED) is 0.647. The van der Waals surface area contributed by atoms with Crippen molar-refractivity contribution in [1.29, 1.82) is 0 Å². The number of benzene rings is 2. The predicted molar refractivity (Wildman–Crippen MR) is 109 cm³/mol. The lowest BCUT2D eigenvalue weighted by Crippen LogP contribution is -2.39. The van der Waals surface area contributed by atoms with E-state index >= 15 is 0 Å². The van der Waals surface area contributed by atoms with Crippen LogP contribution in [0.1, 0.15) is 59.8 Å². The van der Waals surface area contributed by atoms with Gasteiger partial charge in [0.15, 0.2) is 0 Å². The SMILES string of the molecule is NC(=O)NCCCCC(=O)NCC1CC2c3ccccc3C1c1ccccc12. The zero-order valence-corrected chi connectivity index (χ0v) is 16.0. The molecule has 1 unspecified atom stereocenters. The highest BCUT2D eigenvalue weighted by Crippen LogP contribution is 2.55. The summed E-state index contributed by atoms with van der Waals surface area (Å²) >= 11 is 0. The van der Waals surface area contributed by atoms with Crippen LogP contribution in [0, 0.1) is 5.92 Å². The Morgan fingerprint density at radius 1 is 0.893 bits per heavy atom. The average Bonchev–Trinajstić information content (AvgIpc) is 2.72. The Kier molecular flexibility index (Phi) is 5.33. The van der Waals surface area contributed by atoms with Gasteiger partial charge in [-0.15, -0.1) is 0 Å². The van der Waals surface area contributed by atoms with Crippen molar-refractivity contribution in [3.8, 4) is 0 Å². The molecule has 0 radical (unpaired) electrons. The molecular weight excluding hydrogens is 350 g/mol. The number of amides is 3. The molecular formula is C23H27N3O2. The minimum absolute atomic E-state index is 0.0853. The second-order valence-electron chi connectivity index (χ2n) is 7.84. The normalized spacial score (nSPS) is 21.5. The van der Waals surface area contributed by atoms with Gasteiger partial charge < -0.3 is 16.4 Å². The summed E-state index contributed by atoms with van der Waals surface area (Å²) in [5.41, 5.74) is 10.8. The molecule has 146 valence electrons. The van der Waals surface area contributed by atoms with E-state index in [1.807, 2.05) is 0 Å². The van der Waals surface area contributed by atoms with Gasteiger partial charge in [0, 0.05) is 31.3 Å². The largest absolute Gasteiger partial charge is 0.356 e. The molecule has 0 saturated carbocycles. The maximum atomic E-state index is 12.3. The van der Waals surface area contributed by atoms with Crippen molar-refractivity contribution in [3.05, 3.63) is 70.8 Å². The molecule has 0 aromatic heterocycles. The van der Waals surface area contributed by atoms with E-state index < -0.39 is 6.03 Å². The van der Waals surface area contributed by atoms with E-state index in [1.54, 1.807) is 0 Å². The van der Waals surface area contributed by atoms with Gasteiger partial charge in [0.05, 0.1) is 0 Å². The van der Waals surface area contributed by atoms with Gasteiger partial charge in [-0.05, 0) is 47.4 Å². The van der Waals surface area contributed by atoms with Gasteiger partial charge in [0.1, 0.15) is 0 Å². The van der Waals surface area contributed by atoms with Crippen LogP contribution in [-0.4, -0.2) is 25.0 Å². The highest BCUT2D eigenvalue weighted by molar-refractivity contribution is 5.76. The molecule has 1 atom stereocenters. The Morgan fingerprint density at radius 3 is 2.11 bits per heavy atom. The van der Waals surface area contributed by atoms with Crippen LogP contribution < -0.4 is 16.4 Å². The number of hydrogen-bond donors (Lipinski definition) is 3. The first-order valence-electron chi connectivity index (χ1n) is 10.1. The van der Waals surface area contributed by atoms with Crippen LogP contribution in [0.3, 0.4) is 0 Å². The summed E-state index contributed by atoms with van der Waals surface area (Å²) in [7, 11) is 0. The van der Waals surface area contributed by atoms with Crippen molar-refractivity contribution >= 4 is 11.9 Å². The smallest absolute Gasteiger partial charge is 0.312 e. The standard InChI is InChI=1S/C23H27N3O2/c24-23(28)25-12-6-5-11-21(27)26-14-15-13-20-16-7-1-3-9-18(16)22(15)19-10-4-2-8-17(19)20/h1-4,7-10,15,20,22H,5-6,11-14H2,(H,26,27)(H3,24,25,28). The third-order valence-corrected chi connectivity index (χ3v) is 6.11. The molecule has 3 aliphatic carbocycles. The number of hydrogen-bond acceptors (Lipinski definition) is 2. The molecule has 5 nitrogen and oxygen atoms in total.